The van der Waals surface area contributed by atoms with Crippen LogP contribution in [-0.2, 0) is 4.79 Å². The molecule has 0 amide bonds. The maximum absolute atomic E-state index is 10.3. The molecule has 0 bridgehead atoms. The standard InChI is InChI=1S/C6H7NO.C6H5NO/c2*7-5-1-3-6(8)4-2-5/h1-4,8H,7H2;1-4,7H. The number of hydrogen-bond acceptors (Lipinski definition) is 4. The Morgan fingerprint density at radius 3 is 1.88 bits per heavy atom. The molecule has 0 saturated heterocycles. The van der Waals surface area contributed by atoms with Crippen LogP contribution >= 0.6 is 0 Å². The van der Waals surface area contributed by atoms with E-state index < -0.39 is 0 Å². The van der Waals surface area contributed by atoms with E-state index in [0.29, 0.717) is 11.4 Å². The highest BCUT2D eigenvalue weighted by atomic mass is 16.3. The lowest BCUT2D eigenvalue weighted by Crippen LogP contribution is -1.96. The van der Waals surface area contributed by atoms with Crippen molar-refractivity contribution in [3.05, 3.63) is 48.6 Å². The smallest absolute Gasteiger partial charge is 0.178 e. The van der Waals surface area contributed by atoms with E-state index in [1.54, 1.807) is 24.3 Å². The molecule has 0 spiro atoms. The molecule has 0 aliphatic heterocycles. The number of carbonyl (C=O) groups excluding carboxylic acids is 1. The van der Waals surface area contributed by atoms with Crippen molar-refractivity contribution in [1.82, 2.24) is 0 Å². The summed E-state index contributed by atoms with van der Waals surface area (Å²) in [7, 11) is 0. The maximum atomic E-state index is 10.3. The van der Waals surface area contributed by atoms with Crippen molar-refractivity contribution in [3.63, 3.8) is 0 Å². The average Bonchev–Trinajstić information content (AvgIpc) is 2.28. The Balaban J connectivity index is 0.000000160. The number of hydrogen-bond donors (Lipinski definition) is 3. The number of nitrogen functional groups attached to an aromatic ring is 1. The second kappa shape index (κ2) is 5.50. The predicted octanol–water partition coefficient (Wildman–Crippen LogP) is 1.68. The molecule has 4 nitrogen and oxygen atoms in total. The molecule has 1 aromatic carbocycles. The first-order valence-corrected chi connectivity index (χ1v) is 4.61. The molecular weight excluding hydrogens is 204 g/mol. The van der Waals surface area contributed by atoms with Gasteiger partial charge in [-0.2, -0.15) is 0 Å². The van der Waals surface area contributed by atoms with Crippen molar-refractivity contribution in [1.29, 1.82) is 5.41 Å². The monoisotopic (exact) mass is 216 g/mol. The fourth-order valence-electron chi connectivity index (χ4n) is 0.929. The molecule has 82 valence electrons. The summed E-state index contributed by atoms with van der Waals surface area (Å²) in [5.74, 6) is 0.209. The number of rotatable bonds is 0. The van der Waals surface area contributed by atoms with Gasteiger partial charge < -0.3 is 16.2 Å². The molecule has 0 atom stereocenters. The second-order valence-electron chi connectivity index (χ2n) is 3.12. The molecule has 4 N–H and O–H groups in total. The molecular formula is C12H12N2O2. The van der Waals surface area contributed by atoms with Crippen LogP contribution in [0.1, 0.15) is 0 Å². The van der Waals surface area contributed by atoms with Crippen LogP contribution < -0.4 is 5.73 Å². The van der Waals surface area contributed by atoms with Crippen molar-refractivity contribution in [2.45, 2.75) is 0 Å². The summed E-state index contributed by atoms with van der Waals surface area (Å²) in [6.07, 6.45) is 5.70. The van der Waals surface area contributed by atoms with Gasteiger partial charge in [-0.1, -0.05) is 0 Å². The first-order valence-electron chi connectivity index (χ1n) is 4.61. The molecule has 1 aliphatic rings. The van der Waals surface area contributed by atoms with Gasteiger partial charge >= 0.3 is 0 Å². The summed E-state index contributed by atoms with van der Waals surface area (Å²) < 4.78 is 0. The van der Waals surface area contributed by atoms with Crippen LogP contribution in [0.4, 0.5) is 5.69 Å². The Hall–Kier alpha value is -2.36. The van der Waals surface area contributed by atoms with E-state index in [1.807, 2.05) is 0 Å². The summed E-state index contributed by atoms with van der Waals surface area (Å²) in [4.78, 5) is 10.3. The molecule has 0 fully saturated rings. The Kier molecular flexibility index (Phi) is 4.03. The number of allylic oxidation sites excluding steroid dienone is 4. The van der Waals surface area contributed by atoms with E-state index in [-0.39, 0.29) is 11.5 Å². The van der Waals surface area contributed by atoms with Gasteiger partial charge in [0, 0.05) is 5.69 Å². The zero-order chi connectivity index (χ0) is 12.0. The second-order valence-corrected chi connectivity index (χ2v) is 3.12. The highest BCUT2D eigenvalue weighted by molar-refractivity contribution is 6.15. The number of ketones is 1. The van der Waals surface area contributed by atoms with Crippen LogP contribution in [0.15, 0.2) is 48.6 Å². The highest BCUT2D eigenvalue weighted by Crippen LogP contribution is 2.09. The van der Waals surface area contributed by atoms with Crippen molar-refractivity contribution >= 4 is 17.2 Å². The molecule has 2 rings (SSSR count). The average molecular weight is 216 g/mol. The van der Waals surface area contributed by atoms with Gasteiger partial charge in [-0.05, 0) is 48.6 Å². The van der Waals surface area contributed by atoms with E-state index in [4.69, 9.17) is 16.2 Å². The van der Waals surface area contributed by atoms with Crippen molar-refractivity contribution in [2.24, 2.45) is 0 Å². The number of phenolic OH excluding ortho intramolecular Hbond substituents is 1. The van der Waals surface area contributed by atoms with Gasteiger partial charge in [-0.25, -0.2) is 0 Å². The lowest BCUT2D eigenvalue weighted by Gasteiger charge is -1.90. The van der Waals surface area contributed by atoms with Gasteiger partial charge in [-0.15, -0.1) is 0 Å². The third kappa shape index (κ3) is 4.23. The van der Waals surface area contributed by atoms with Crippen LogP contribution in [0.3, 0.4) is 0 Å². The minimum absolute atomic E-state index is 0.0407. The number of nitrogens with one attached hydrogen (secondary N) is 1. The van der Waals surface area contributed by atoms with E-state index in [2.05, 4.69) is 0 Å². The van der Waals surface area contributed by atoms with Gasteiger partial charge in [0.2, 0.25) is 0 Å². The minimum atomic E-state index is -0.0407. The third-order valence-corrected chi connectivity index (χ3v) is 1.75. The van der Waals surface area contributed by atoms with Crippen LogP contribution in [0.5, 0.6) is 5.75 Å². The molecule has 0 aromatic heterocycles. The zero-order valence-corrected chi connectivity index (χ0v) is 8.55. The summed E-state index contributed by atoms with van der Waals surface area (Å²) in [6, 6.07) is 6.40. The van der Waals surface area contributed by atoms with Gasteiger partial charge in [0.15, 0.2) is 5.78 Å². The largest absolute Gasteiger partial charge is 0.508 e. The molecule has 0 radical (unpaired) electrons. The Labute approximate surface area is 93.2 Å². The lowest BCUT2D eigenvalue weighted by atomic mass is 10.2. The minimum Gasteiger partial charge on any atom is -0.508 e. The van der Waals surface area contributed by atoms with E-state index in [9.17, 15) is 4.79 Å². The Morgan fingerprint density at radius 2 is 1.50 bits per heavy atom. The van der Waals surface area contributed by atoms with Crippen LogP contribution in [0.2, 0.25) is 0 Å². The topological polar surface area (TPSA) is 87.2 Å². The van der Waals surface area contributed by atoms with Crippen molar-refractivity contribution in [3.8, 4) is 5.75 Å². The van der Waals surface area contributed by atoms with Gasteiger partial charge in [-0.3, -0.25) is 4.79 Å². The summed E-state index contributed by atoms with van der Waals surface area (Å²) >= 11 is 0. The highest BCUT2D eigenvalue weighted by Gasteiger charge is 1.94. The van der Waals surface area contributed by atoms with Gasteiger partial charge in [0.25, 0.3) is 0 Å². The summed E-state index contributed by atoms with van der Waals surface area (Å²) in [6.45, 7) is 0. The normalized spacial score (nSPS) is 13.2. The SMILES string of the molecule is N=C1C=CC(=O)C=C1.Nc1ccc(O)cc1. The molecule has 0 saturated carbocycles. The molecule has 16 heavy (non-hydrogen) atoms. The predicted molar refractivity (Wildman–Crippen MR) is 63.5 cm³/mol. The van der Waals surface area contributed by atoms with Crippen molar-refractivity contribution < 1.29 is 9.90 Å². The van der Waals surface area contributed by atoms with E-state index >= 15 is 0 Å². The van der Waals surface area contributed by atoms with Crippen LogP contribution in [0, 0.1) is 5.41 Å². The van der Waals surface area contributed by atoms with Gasteiger partial charge in [0.1, 0.15) is 5.75 Å². The fraction of sp³-hybridized carbons (Fsp3) is 0. The molecule has 1 aliphatic carbocycles. The first kappa shape index (κ1) is 11.7. The van der Waals surface area contributed by atoms with Gasteiger partial charge in [0.05, 0.1) is 5.71 Å². The Bertz CT molecular complexity index is 386. The molecule has 4 heteroatoms. The van der Waals surface area contributed by atoms with Crippen LogP contribution in [0.25, 0.3) is 0 Å². The number of anilines is 1. The number of nitrogens with two attached hydrogens (primary N) is 1. The fourth-order valence-corrected chi connectivity index (χ4v) is 0.929. The zero-order valence-electron chi connectivity index (χ0n) is 8.55. The van der Waals surface area contributed by atoms with Crippen LogP contribution in [-0.4, -0.2) is 16.6 Å². The molecule has 1 aromatic rings. The Morgan fingerprint density at radius 1 is 1.00 bits per heavy atom. The number of benzene rings is 1. The van der Waals surface area contributed by atoms with Crippen molar-refractivity contribution in [2.75, 3.05) is 5.73 Å². The lowest BCUT2D eigenvalue weighted by molar-refractivity contribution is -0.110. The van der Waals surface area contributed by atoms with E-state index in [1.165, 1.54) is 24.3 Å². The first-order chi connectivity index (χ1) is 7.58. The molecule has 0 heterocycles. The summed E-state index contributed by atoms with van der Waals surface area (Å²) in [5, 5.41) is 15.7. The number of aromatic hydroxyl groups is 1. The summed E-state index contributed by atoms with van der Waals surface area (Å²) in [5.41, 5.74) is 6.36. The quantitative estimate of drug-likeness (QED) is 0.350. The number of carbonyl (C=O) groups is 1. The third-order valence-electron chi connectivity index (χ3n) is 1.75. The molecule has 0 unspecified atom stereocenters. The number of phenols is 1. The van der Waals surface area contributed by atoms with E-state index in [0.717, 1.165) is 0 Å². The maximum Gasteiger partial charge on any atom is 0.178 e.